The van der Waals surface area contributed by atoms with Gasteiger partial charge in [-0.25, -0.2) is 0 Å². The van der Waals surface area contributed by atoms with Crippen LogP contribution in [0.4, 0.5) is 5.69 Å². The third-order valence-electron chi connectivity index (χ3n) is 8.05. The van der Waals surface area contributed by atoms with Crippen LogP contribution in [0, 0.1) is 0 Å². The highest BCUT2D eigenvalue weighted by atomic mass is 14.7. The molecule has 0 unspecified atom stereocenters. The fourth-order valence-electron chi connectivity index (χ4n) is 5.91. The Morgan fingerprint density at radius 1 is 0.829 bits per heavy atom. The van der Waals surface area contributed by atoms with E-state index in [1.165, 1.54) is 39.0 Å². The van der Waals surface area contributed by atoms with Gasteiger partial charge in [0.25, 0.3) is 0 Å². The van der Waals surface area contributed by atoms with Crippen molar-refractivity contribution < 1.29 is 0 Å². The molecule has 4 aromatic rings. The largest absolute Gasteiger partial charge is 0.398 e. The lowest BCUT2D eigenvalue weighted by atomic mass is 9.89. The minimum Gasteiger partial charge on any atom is -0.398 e. The molecule has 0 radical (unpaired) electrons. The van der Waals surface area contributed by atoms with E-state index in [9.17, 15) is 0 Å². The van der Waals surface area contributed by atoms with E-state index in [1.54, 1.807) is 0 Å². The number of hydrogen-bond donors (Lipinski definition) is 1. The second kappa shape index (κ2) is 12.2. The lowest BCUT2D eigenvalue weighted by Crippen LogP contribution is -2.07. The van der Waals surface area contributed by atoms with E-state index < -0.39 is 0 Å². The summed E-state index contributed by atoms with van der Waals surface area (Å²) < 4.78 is 0. The van der Waals surface area contributed by atoms with E-state index in [4.69, 9.17) is 5.73 Å². The van der Waals surface area contributed by atoms with Crippen LogP contribution in [0.25, 0.3) is 16.3 Å². The molecule has 5 rings (SSSR count). The van der Waals surface area contributed by atoms with Gasteiger partial charge in [-0.3, -0.25) is 4.99 Å². The Morgan fingerprint density at radius 2 is 1.46 bits per heavy atom. The maximum absolute atomic E-state index is 6.67. The molecule has 0 aromatic heterocycles. The molecule has 2 heteroatoms. The average molecular weight is 535 g/mol. The maximum atomic E-state index is 6.67. The summed E-state index contributed by atoms with van der Waals surface area (Å²) in [6.45, 7) is 10.4. The van der Waals surface area contributed by atoms with Gasteiger partial charge in [0.1, 0.15) is 0 Å². The van der Waals surface area contributed by atoms with Crippen LogP contribution in [0.2, 0.25) is 0 Å². The molecular formula is C39H38N2. The summed E-state index contributed by atoms with van der Waals surface area (Å²) in [7, 11) is 1.84. The Morgan fingerprint density at radius 3 is 2.10 bits per heavy atom. The van der Waals surface area contributed by atoms with Gasteiger partial charge >= 0.3 is 0 Å². The van der Waals surface area contributed by atoms with Gasteiger partial charge < -0.3 is 5.73 Å². The second-order valence-electron chi connectivity index (χ2n) is 10.7. The quantitative estimate of drug-likeness (QED) is 0.143. The highest BCUT2D eigenvalue weighted by Crippen LogP contribution is 2.37. The van der Waals surface area contributed by atoms with E-state index >= 15 is 0 Å². The number of nitrogen functional groups attached to an aromatic ring is 1. The van der Waals surface area contributed by atoms with Gasteiger partial charge in [-0.1, -0.05) is 121 Å². The van der Waals surface area contributed by atoms with Crippen LogP contribution in [0.15, 0.2) is 143 Å². The van der Waals surface area contributed by atoms with Crippen molar-refractivity contribution in [2.45, 2.75) is 33.6 Å². The van der Waals surface area contributed by atoms with E-state index in [0.29, 0.717) is 0 Å². The number of rotatable bonds is 7. The molecule has 1 aliphatic carbocycles. The van der Waals surface area contributed by atoms with Crippen molar-refractivity contribution in [1.29, 1.82) is 0 Å². The number of hydrogen-bond acceptors (Lipinski definition) is 2. The predicted octanol–water partition coefficient (Wildman–Crippen LogP) is 9.47. The Labute approximate surface area is 244 Å². The number of anilines is 1. The Balaban J connectivity index is 1.59. The number of fused-ring (bicyclic) bond motifs is 2. The third-order valence-corrected chi connectivity index (χ3v) is 8.05. The van der Waals surface area contributed by atoms with Crippen molar-refractivity contribution in [3.63, 3.8) is 0 Å². The van der Waals surface area contributed by atoms with Crippen LogP contribution >= 0.6 is 0 Å². The minimum absolute atomic E-state index is 0.763. The summed E-state index contributed by atoms with van der Waals surface area (Å²) in [5, 5.41) is 2.19. The maximum Gasteiger partial charge on any atom is 0.0736 e. The van der Waals surface area contributed by atoms with Crippen LogP contribution in [-0.4, -0.2) is 12.8 Å². The van der Waals surface area contributed by atoms with Crippen molar-refractivity contribution >= 4 is 27.7 Å². The van der Waals surface area contributed by atoms with Crippen molar-refractivity contribution in [3.8, 4) is 0 Å². The van der Waals surface area contributed by atoms with Gasteiger partial charge in [-0.2, -0.15) is 0 Å². The molecule has 0 bridgehead atoms. The first kappa shape index (κ1) is 27.9. The molecule has 0 amide bonds. The summed E-state index contributed by atoms with van der Waals surface area (Å²) >= 11 is 0. The molecule has 0 heterocycles. The molecule has 2 nitrogen and oxygen atoms in total. The Bertz CT molecular complexity index is 1750. The van der Waals surface area contributed by atoms with Gasteiger partial charge in [0.2, 0.25) is 0 Å². The lowest BCUT2D eigenvalue weighted by Gasteiger charge is -2.16. The highest BCUT2D eigenvalue weighted by molar-refractivity contribution is 6.19. The van der Waals surface area contributed by atoms with Gasteiger partial charge in [0.05, 0.1) is 5.71 Å². The second-order valence-corrected chi connectivity index (χ2v) is 10.7. The molecule has 0 saturated heterocycles. The monoisotopic (exact) mass is 534 g/mol. The highest BCUT2D eigenvalue weighted by Gasteiger charge is 2.21. The topological polar surface area (TPSA) is 38.4 Å². The Hall–Kier alpha value is -4.69. The fraction of sp³-hybridized carbons (Fsp3) is 0.154. The molecule has 0 atom stereocenters. The summed E-state index contributed by atoms with van der Waals surface area (Å²) in [6.07, 6.45) is 10.4. The molecule has 0 aliphatic heterocycles. The molecule has 41 heavy (non-hydrogen) atoms. The van der Waals surface area contributed by atoms with Gasteiger partial charge in [-0.15, -0.1) is 0 Å². The average Bonchev–Trinajstić information content (AvgIpc) is 3.42. The summed E-state index contributed by atoms with van der Waals surface area (Å²) in [4.78, 5) is 4.69. The van der Waals surface area contributed by atoms with Crippen molar-refractivity contribution in [2.75, 3.05) is 12.8 Å². The van der Waals surface area contributed by atoms with Crippen LogP contribution in [0.5, 0.6) is 0 Å². The fourth-order valence-corrected chi connectivity index (χ4v) is 5.91. The Kier molecular flexibility index (Phi) is 8.31. The van der Waals surface area contributed by atoms with Gasteiger partial charge in [-0.05, 0) is 78.0 Å². The van der Waals surface area contributed by atoms with Crippen LogP contribution in [0.1, 0.15) is 48.6 Å². The van der Waals surface area contributed by atoms with Gasteiger partial charge in [0.15, 0.2) is 0 Å². The molecule has 0 fully saturated rings. The molecule has 1 aliphatic rings. The SMILES string of the molecule is C=C/C(C)=C(\C=C/C)/C=C(\C)C(=C1Cc2ccccc2C1)c1ccc(C(=NC)c2ccc3ccccc3c2N)cc1. The minimum atomic E-state index is 0.763. The van der Waals surface area contributed by atoms with Crippen LogP contribution in [0.3, 0.4) is 0 Å². The first-order valence-electron chi connectivity index (χ1n) is 14.2. The number of benzene rings is 4. The van der Waals surface area contributed by atoms with E-state index in [2.05, 4.69) is 123 Å². The summed E-state index contributed by atoms with van der Waals surface area (Å²) in [5.74, 6) is 0. The third kappa shape index (κ3) is 5.64. The standard InChI is InChI=1S/C39H38N2/c1-6-12-31(26(3)7-2)23-27(4)37(34-24-32-14-8-9-15-33(32)25-34)29-17-19-30(20-18-29)39(41-5)36-22-21-28-13-10-11-16-35(28)38(36)40/h6-23H,2,24-25,40H2,1,3-5H3/b12-6-,27-23+,31-26+,41-39?. The smallest absolute Gasteiger partial charge is 0.0736 e. The first-order valence-corrected chi connectivity index (χ1v) is 14.2. The van der Waals surface area contributed by atoms with Crippen molar-refractivity contribution in [1.82, 2.24) is 0 Å². The number of allylic oxidation sites excluding steroid dienone is 9. The zero-order valence-electron chi connectivity index (χ0n) is 24.5. The molecule has 4 aromatic carbocycles. The van der Waals surface area contributed by atoms with Gasteiger partial charge in [0, 0.05) is 29.2 Å². The molecule has 0 spiro atoms. The van der Waals surface area contributed by atoms with E-state index in [-0.39, 0.29) is 0 Å². The molecular weight excluding hydrogens is 496 g/mol. The zero-order chi connectivity index (χ0) is 28.9. The molecule has 2 N–H and O–H groups in total. The molecule has 0 saturated carbocycles. The number of nitrogens with zero attached hydrogens (tertiary/aromatic N) is 1. The lowest BCUT2D eigenvalue weighted by molar-refractivity contribution is 1.16. The predicted molar refractivity (Wildman–Crippen MR) is 179 cm³/mol. The zero-order valence-corrected chi connectivity index (χ0v) is 24.5. The molecule has 204 valence electrons. The van der Waals surface area contributed by atoms with Crippen molar-refractivity contribution in [2.24, 2.45) is 4.99 Å². The summed E-state index contributed by atoms with van der Waals surface area (Å²) in [5.41, 5.74) is 20.7. The number of aliphatic imine (C=N–C) groups is 1. The normalized spacial score (nSPS) is 14.4. The van der Waals surface area contributed by atoms with E-state index in [1.807, 2.05) is 25.3 Å². The van der Waals surface area contributed by atoms with Crippen LogP contribution < -0.4 is 5.73 Å². The first-order chi connectivity index (χ1) is 19.9. The van der Waals surface area contributed by atoms with Crippen LogP contribution in [-0.2, 0) is 12.8 Å². The van der Waals surface area contributed by atoms with Crippen molar-refractivity contribution in [3.05, 3.63) is 166 Å². The summed E-state index contributed by atoms with van der Waals surface area (Å²) in [6, 6.07) is 30.1. The number of nitrogens with two attached hydrogens (primary N) is 1. The van der Waals surface area contributed by atoms with E-state index in [0.717, 1.165) is 51.7 Å².